The summed E-state index contributed by atoms with van der Waals surface area (Å²) in [5.74, 6) is -0.536. The summed E-state index contributed by atoms with van der Waals surface area (Å²) in [7, 11) is -4.94. The largest absolute Gasteiger partial charge is 0.472 e. The standard InChI is InChI=1S/C22H46NO7P/c1-5-6-7-8-9-10-11-12-13-14-15-16-22(25)28-19-21(24)20-30-31(26,27)29-18-17-23(2,3)4/h21,24H,5-20H2,1-4H3/p+1/t21-/m1/s1/i2D3,3D3,4D3. The van der Waals surface area contributed by atoms with E-state index in [9.17, 15) is 19.4 Å². The number of aliphatic hydroxyl groups is 1. The molecule has 0 aromatic heterocycles. The highest BCUT2D eigenvalue weighted by molar-refractivity contribution is 7.47. The summed E-state index contributed by atoms with van der Waals surface area (Å²) in [5, 5.41) is 9.88. The maximum Gasteiger partial charge on any atom is 0.472 e. The molecule has 0 amide bonds. The third kappa shape index (κ3) is 22.5. The van der Waals surface area contributed by atoms with Gasteiger partial charge < -0.3 is 19.2 Å². The van der Waals surface area contributed by atoms with Gasteiger partial charge >= 0.3 is 13.8 Å². The molecule has 0 rings (SSSR count). The third-order valence-electron chi connectivity index (χ3n) is 4.53. The quantitative estimate of drug-likeness (QED) is 0.109. The molecule has 0 radical (unpaired) electrons. The van der Waals surface area contributed by atoms with Crippen LogP contribution in [0.4, 0.5) is 0 Å². The van der Waals surface area contributed by atoms with Crippen LogP contribution >= 0.6 is 7.82 Å². The predicted octanol–water partition coefficient (Wildman–Crippen LogP) is 4.43. The number of rotatable bonds is 21. The summed E-state index contributed by atoms with van der Waals surface area (Å²) in [6, 6.07) is 0. The number of aliphatic hydroxyl groups excluding tert-OH is 1. The highest BCUT2D eigenvalue weighted by Gasteiger charge is 2.24. The Morgan fingerprint density at radius 1 is 0.935 bits per heavy atom. The molecule has 0 fully saturated rings. The van der Waals surface area contributed by atoms with Gasteiger partial charge in [-0.05, 0) is 6.42 Å². The molecule has 0 saturated heterocycles. The monoisotopic (exact) mass is 477 g/mol. The van der Waals surface area contributed by atoms with Crippen LogP contribution in [0.1, 0.15) is 96.3 Å². The second-order valence-corrected chi connectivity index (χ2v) is 9.21. The van der Waals surface area contributed by atoms with E-state index in [1.54, 1.807) is 0 Å². The number of phosphoric acid groups is 1. The molecule has 0 spiro atoms. The van der Waals surface area contributed by atoms with Crippen LogP contribution in [0.25, 0.3) is 0 Å². The number of esters is 1. The average molecular weight is 478 g/mol. The molecule has 0 saturated carbocycles. The molecule has 8 nitrogen and oxygen atoms in total. The first kappa shape index (κ1) is 17.9. The molecule has 0 aromatic carbocycles. The number of hydrogen-bond acceptors (Lipinski definition) is 6. The minimum absolute atomic E-state index is 0.169. The third-order valence-corrected chi connectivity index (χ3v) is 5.52. The number of unbranched alkanes of at least 4 members (excludes halogenated alkanes) is 10. The lowest BCUT2D eigenvalue weighted by Gasteiger charge is -2.24. The van der Waals surface area contributed by atoms with E-state index in [4.69, 9.17) is 17.1 Å². The maximum atomic E-state index is 12.1. The van der Waals surface area contributed by atoms with Crippen LogP contribution in [-0.2, 0) is 23.1 Å². The van der Waals surface area contributed by atoms with Gasteiger partial charge in [0, 0.05) is 6.42 Å². The van der Waals surface area contributed by atoms with Gasteiger partial charge in [0.25, 0.3) is 0 Å². The zero-order valence-electron chi connectivity index (χ0n) is 27.7. The highest BCUT2D eigenvalue weighted by Crippen LogP contribution is 2.43. The summed E-state index contributed by atoms with van der Waals surface area (Å²) >= 11 is 0. The summed E-state index contributed by atoms with van der Waals surface area (Å²) in [5.41, 5.74) is 0. The normalized spacial score (nSPS) is 20.4. The molecule has 0 aliphatic carbocycles. The second-order valence-electron chi connectivity index (χ2n) is 7.75. The minimum atomic E-state index is -4.94. The van der Waals surface area contributed by atoms with Crippen molar-refractivity contribution in [3.8, 4) is 0 Å². The van der Waals surface area contributed by atoms with Gasteiger partial charge in [-0.15, -0.1) is 0 Å². The van der Waals surface area contributed by atoms with Crippen LogP contribution in [0.5, 0.6) is 0 Å². The van der Waals surface area contributed by atoms with E-state index >= 15 is 0 Å². The SMILES string of the molecule is [2H]C([2H])([2H])[N+](CCOP(=O)(O)OC[C@H](O)COC(=O)CCCCCCCCCCCCC)(C([2H])([2H])[2H])C([2H])([2H])[2H]. The summed E-state index contributed by atoms with van der Waals surface area (Å²) in [6.07, 6.45) is 11.1. The molecular weight excluding hydrogens is 421 g/mol. The van der Waals surface area contributed by atoms with Gasteiger partial charge in [-0.3, -0.25) is 13.8 Å². The number of quaternary nitrogens is 1. The zero-order valence-corrected chi connectivity index (χ0v) is 19.6. The molecule has 2 atom stereocenters. The molecular formula is C22H47NO7P+. The first-order valence-corrected chi connectivity index (χ1v) is 12.6. The van der Waals surface area contributed by atoms with E-state index < -0.39 is 71.7 Å². The lowest BCUT2D eigenvalue weighted by Crippen LogP contribution is -2.37. The van der Waals surface area contributed by atoms with Crippen molar-refractivity contribution < 1.29 is 50.0 Å². The number of likely N-dealkylation sites (N-methyl/N-ethyl adjacent to an activating group) is 1. The van der Waals surface area contributed by atoms with E-state index in [0.29, 0.717) is 6.42 Å². The molecule has 0 aromatic rings. The van der Waals surface area contributed by atoms with Crippen molar-refractivity contribution in [1.82, 2.24) is 0 Å². The van der Waals surface area contributed by atoms with Gasteiger partial charge in [0.15, 0.2) is 0 Å². The molecule has 0 aliphatic heterocycles. The average Bonchev–Trinajstić information content (AvgIpc) is 2.80. The van der Waals surface area contributed by atoms with E-state index in [2.05, 4.69) is 16.0 Å². The molecule has 31 heavy (non-hydrogen) atoms. The lowest BCUT2D eigenvalue weighted by molar-refractivity contribution is -0.870. The van der Waals surface area contributed by atoms with Crippen LogP contribution in [0.3, 0.4) is 0 Å². The topological polar surface area (TPSA) is 102 Å². The lowest BCUT2D eigenvalue weighted by atomic mass is 10.1. The van der Waals surface area contributed by atoms with Gasteiger partial charge in [-0.25, -0.2) is 4.57 Å². The number of carbonyl (C=O) groups is 1. The maximum absolute atomic E-state index is 12.1. The Labute approximate surface area is 202 Å². The summed E-state index contributed by atoms with van der Waals surface area (Å²) in [4.78, 5) is 21.6. The Balaban J connectivity index is 4.33. The predicted molar refractivity (Wildman–Crippen MR) is 123 cm³/mol. The molecule has 0 aliphatic rings. The van der Waals surface area contributed by atoms with E-state index in [-0.39, 0.29) is 6.42 Å². The Hall–Kier alpha value is -0.500. The Kier molecular flexibility index (Phi) is 10.4. The van der Waals surface area contributed by atoms with Crippen molar-refractivity contribution in [1.29, 1.82) is 0 Å². The zero-order chi connectivity index (χ0) is 31.1. The Morgan fingerprint density at radius 2 is 1.48 bits per heavy atom. The highest BCUT2D eigenvalue weighted by atomic mass is 31.2. The number of ether oxygens (including phenoxy) is 1. The Morgan fingerprint density at radius 3 is 2.03 bits per heavy atom. The first-order valence-electron chi connectivity index (χ1n) is 15.6. The molecule has 9 heteroatoms. The summed E-state index contributed by atoms with van der Waals surface area (Å²) < 4.78 is 91.4. The Bertz CT molecular complexity index is 728. The van der Waals surface area contributed by atoms with Crippen molar-refractivity contribution >= 4 is 13.8 Å². The molecule has 1 unspecified atom stereocenters. The molecule has 0 heterocycles. The van der Waals surface area contributed by atoms with Crippen molar-refractivity contribution in [3.05, 3.63) is 0 Å². The van der Waals surface area contributed by atoms with Crippen molar-refractivity contribution in [2.75, 3.05) is 47.3 Å². The van der Waals surface area contributed by atoms with E-state index in [0.717, 1.165) is 19.3 Å². The van der Waals surface area contributed by atoms with E-state index in [1.807, 2.05) is 0 Å². The van der Waals surface area contributed by atoms with Crippen LogP contribution in [0.2, 0.25) is 0 Å². The van der Waals surface area contributed by atoms with Gasteiger partial charge in [0.05, 0.1) is 39.9 Å². The van der Waals surface area contributed by atoms with Gasteiger partial charge in [0.2, 0.25) is 0 Å². The molecule has 186 valence electrons. The smallest absolute Gasteiger partial charge is 0.463 e. The van der Waals surface area contributed by atoms with Gasteiger partial charge in [0.1, 0.15) is 25.9 Å². The number of phosphoric ester groups is 1. The summed E-state index contributed by atoms with van der Waals surface area (Å²) in [6.45, 7) is -12.0. The van der Waals surface area contributed by atoms with Gasteiger partial charge in [-0.2, -0.15) is 0 Å². The van der Waals surface area contributed by atoms with Crippen LogP contribution in [-0.4, -0.2) is 73.8 Å². The molecule has 0 bridgehead atoms. The minimum Gasteiger partial charge on any atom is -0.463 e. The van der Waals surface area contributed by atoms with E-state index in [1.165, 1.54) is 44.9 Å². The van der Waals surface area contributed by atoms with Crippen molar-refractivity contribution in [2.45, 2.75) is 90.1 Å². The first-order chi connectivity index (χ1) is 18.3. The van der Waals surface area contributed by atoms with Crippen molar-refractivity contribution in [3.63, 3.8) is 0 Å². The van der Waals surface area contributed by atoms with Gasteiger partial charge in [-0.1, -0.05) is 71.1 Å². The fourth-order valence-electron chi connectivity index (χ4n) is 2.75. The number of hydrogen-bond donors (Lipinski definition) is 2. The fraction of sp³-hybridized carbons (Fsp3) is 0.955. The van der Waals surface area contributed by atoms with Crippen LogP contribution < -0.4 is 0 Å². The number of nitrogens with zero attached hydrogens (tertiary/aromatic N) is 1. The van der Waals surface area contributed by atoms with Crippen LogP contribution in [0.15, 0.2) is 0 Å². The van der Waals surface area contributed by atoms with Crippen molar-refractivity contribution in [2.24, 2.45) is 0 Å². The second kappa shape index (κ2) is 18.0. The molecule has 2 N–H and O–H groups in total. The number of carbonyl (C=O) groups excluding carboxylic acids is 1. The fourth-order valence-corrected chi connectivity index (χ4v) is 3.50. The van der Waals surface area contributed by atoms with Crippen LogP contribution in [0, 0.1) is 0 Å².